The molecule has 0 aliphatic carbocycles. The van der Waals surface area contributed by atoms with E-state index in [9.17, 15) is 8.78 Å². The van der Waals surface area contributed by atoms with Crippen molar-refractivity contribution in [2.45, 2.75) is 24.7 Å². The molecule has 2 aromatic rings. The number of rotatable bonds is 2. The number of ether oxygens (including phenoxy) is 1. The molecule has 1 saturated heterocycles. The van der Waals surface area contributed by atoms with Crippen LogP contribution in [-0.2, 0) is 4.74 Å². The maximum absolute atomic E-state index is 13.9. The molecule has 0 spiro atoms. The molecule has 1 aliphatic rings. The van der Waals surface area contributed by atoms with Gasteiger partial charge in [0, 0.05) is 29.9 Å². The van der Waals surface area contributed by atoms with Crippen molar-refractivity contribution in [1.82, 2.24) is 9.55 Å². The monoisotopic (exact) mass is 269 g/mol. The maximum Gasteiger partial charge on any atom is 0.294 e. The van der Waals surface area contributed by atoms with E-state index in [0.717, 1.165) is 0 Å². The van der Waals surface area contributed by atoms with Crippen molar-refractivity contribution in [3.63, 3.8) is 0 Å². The lowest BCUT2D eigenvalue weighted by Crippen LogP contribution is -2.25. The Hall–Kier alpha value is -1.73. The highest BCUT2D eigenvalue weighted by atomic mass is 19.3. The van der Waals surface area contributed by atoms with Crippen LogP contribution < -0.4 is 5.73 Å². The van der Waals surface area contributed by atoms with Gasteiger partial charge < -0.3 is 20.1 Å². The fourth-order valence-electron chi connectivity index (χ4n) is 2.38. The van der Waals surface area contributed by atoms with Crippen LogP contribution in [0, 0.1) is 0 Å². The van der Waals surface area contributed by atoms with Gasteiger partial charge in [0.25, 0.3) is 5.92 Å². The third kappa shape index (κ3) is 1.85. The summed E-state index contributed by atoms with van der Waals surface area (Å²) >= 11 is 0. The van der Waals surface area contributed by atoms with E-state index in [0.29, 0.717) is 16.7 Å². The third-order valence-electron chi connectivity index (χ3n) is 3.29. The minimum absolute atomic E-state index is 0.350. The van der Waals surface area contributed by atoms with Gasteiger partial charge in [-0.1, -0.05) is 0 Å². The van der Waals surface area contributed by atoms with Gasteiger partial charge in [-0.25, -0.2) is 13.8 Å². The number of hydrogen-bond donors (Lipinski definition) is 2. The van der Waals surface area contributed by atoms with E-state index in [-0.39, 0.29) is 0 Å². The molecule has 0 bridgehead atoms. The van der Waals surface area contributed by atoms with Crippen molar-refractivity contribution < 1.29 is 18.6 Å². The minimum Gasteiger partial charge on any atom is -0.398 e. The molecule has 0 aromatic carbocycles. The number of aliphatic hydroxyl groups is 1. The van der Waals surface area contributed by atoms with Gasteiger partial charge in [-0.3, -0.25) is 0 Å². The first kappa shape index (κ1) is 12.3. The number of fused-ring (bicyclic) bond motifs is 1. The summed E-state index contributed by atoms with van der Waals surface area (Å²) in [6.07, 6.45) is 0.114. The molecule has 5 nitrogen and oxygen atoms in total. The van der Waals surface area contributed by atoms with Crippen LogP contribution in [0.4, 0.5) is 14.5 Å². The molecule has 3 N–H and O–H groups in total. The number of halogens is 2. The molecule has 1 fully saturated rings. The van der Waals surface area contributed by atoms with Crippen molar-refractivity contribution >= 4 is 16.7 Å². The highest BCUT2D eigenvalue weighted by Gasteiger charge is 2.51. The summed E-state index contributed by atoms with van der Waals surface area (Å²) in [5.74, 6) is -3.05. The molecule has 0 saturated carbocycles. The number of alkyl halides is 2. The van der Waals surface area contributed by atoms with Crippen molar-refractivity contribution in [1.29, 1.82) is 0 Å². The second-order valence-electron chi connectivity index (χ2n) is 4.62. The zero-order valence-corrected chi connectivity index (χ0v) is 9.96. The number of nitrogen functional groups attached to an aromatic ring is 1. The van der Waals surface area contributed by atoms with Crippen LogP contribution in [0.5, 0.6) is 0 Å². The summed E-state index contributed by atoms with van der Waals surface area (Å²) in [5.41, 5.74) is 6.59. The molecule has 2 atom stereocenters. The fraction of sp³-hybridized carbons (Fsp3) is 0.417. The molecule has 0 radical (unpaired) electrons. The van der Waals surface area contributed by atoms with Gasteiger partial charge in [0.15, 0.2) is 6.23 Å². The molecule has 3 heterocycles. The normalized spacial score (nSPS) is 26.1. The van der Waals surface area contributed by atoms with Crippen molar-refractivity contribution in [3.8, 4) is 0 Å². The molecule has 1 aliphatic heterocycles. The molecule has 3 rings (SSSR count). The van der Waals surface area contributed by atoms with E-state index in [1.807, 2.05) is 0 Å². The fourth-order valence-corrected chi connectivity index (χ4v) is 2.38. The molecule has 19 heavy (non-hydrogen) atoms. The predicted molar refractivity (Wildman–Crippen MR) is 64.7 cm³/mol. The molecule has 7 heteroatoms. The summed E-state index contributed by atoms with van der Waals surface area (Å²) < 4.78 is 34.3. The Morgan fingerprint density at radius 2 is 2.32 bits per heavy atom. The van der Waals surface area contributed by atoms with Crippen LogP contribution in [-0.4, -0.2) is 33.3 Å². The maximum atomic E-state index is 13.9. The van der Waals surface area contributed by atoms with Gasteiger partial charge in [-0.05, 0) is 12.1 Å². The van der Waals surface area contributed by atoms with Gasteiger partial charge >= 0.3 is 0 Å². The Morgan fingerprint density at radius 1 is 1.53 bits per heavy atom. The van der Waals surface area contributed by atoms with Gasteiger partial charge in [0.1, 0.15) is 5.65 Å². The predicted octanol–water partition coefficient (Wildman–Crippen LogP) is 1.53. The summed E-state index contributed by atoms with van der Waals surface area (Å²) in [7, 11) is 0. The summed E-state index contributed by atoms with van der Waals surface area (Å²) in [4.78, 5) is 4.07. The third-order valence-corrected chi connectivity index (χ3v) is 3.29. The molecule has 0 amide bonds. The average Bonchev–Trinajstić information content (AvgIpc) is 2.90. The van der Waals surface area contributed by atoms with Crippen LogP contribution >= 0.6 is 0 Å². The van der Waals surface area contributed by atoms with Gasteiger partial charge in [0.2, 0.25) is 0 Å². The summed E-state index contributed by atoms with van der Waals surface area (Å²) in [6.45, 7) is -0.430. The number of anilines is 1. The van der Waals surface area contributed by atoms with Crippen molar-refractivity contribution in [3.05, 3.63) is 24.5 Å². The zero-order valence-electron chi connectivity index (χ0n) is 9.96. The van der Waals surface area contributed by atoms with Crippen LogP contribution in [0.25, 0.3) is 11.0 Å². The lowest BCUT2D eigenvalue weighted by atomic mass is 10.2. The highest BCUT2D eigenvalue weighted by Crippen LogP contribution is 2.43. The Kier molecular flexibility index (Phi) is 2.68. The number of nitrogens with zero attached hydrogens (tertiary/aromatic N) is 2. The number of pyridine rings is 1. The Balaban J connectivity index is 2.07. The number of aromatic nitrogens is 2. The largest absolute Gasteiger partial charge is 0.398 e. The van der Waals surface area contributed by atoms with E-state index < -0.39 is 31.3 Å². The van der Waals surface area contributed by atoms with Crippen molar-refractivity contribution in [2.75, 3.05) is 12.3 Å². The molecule has 0 unspecified atom stereocenters. The van der Waals surface area contributed by atoms with E-state index in [1.165, 1.54) is 17.0 Å². The first-order valence-corrected chi connectivity index (χ1v) is 5.88. The first-order valence-electron chi connectivity index (χ1n) is 5.88. The zero-order chi connectivity index (χ0) is 13.6. The van der Waals surface area contributed by atoms with Crippen LogP contribution in [0.3, 0.4) is 0 Å². The standard InChI is InChI=1S/C12H13F2N3O2/c13-12(14)5-7(6-18)19-11(12)17-4-2-8-9(15)1-3-16-10(8)17/h1-4,7,11,18H,5-6H2,(H2,15,16)/t7-,11+/m0/s1. The minimum atomic E-state index is -3.05. The second kappa shape index (κ2) is 4.14. The quantitative estimate of drug-likeness (QED) is 0.867. The Morgan fingerprint density at radius 3 is 3.00 bits per heavy atom. The Bertz CT molecular complexity index is 614. The SMILES string of the molecule is Nc1ccnc2c1ccn2[C@@H]1O[C@H](CO)CC1(F)F. The summed E-state index contributed by atoms with van der Waals surface area (Å²) in [6, 6.07) is 3.24. The van der Waals surface area contributed by atoms with E-state index in [1.54, 1.807) is 12.1 Å². The molecule has 2 aromatic heterocycles. The average molecular weight is 269 g/mol. The number of aliphatic hydroxyl groups excluding tert-OH is 1. The van der Waals surface area contributed by atoms with E-state index in [2.05, 4.69) is 4.98 Å². The first-order chi connectivity index (χ1) is 9.03. The second-order valence-corrected chi connectivity index (χ2v) is 4.62. The molecule has 102 valence electrons. The number of nitrogens with two attached hydrogens (primary N) is 1. The van der Waals surface area contributed by atoms with Crippen LogP contribution in [0.2, 0.25) is 0 Å². The highest BCUT2D eigenvalue weighted by molar-refractivity contribution is 5.88. The topological polar surface area (TPSA) is 73.3 Å². The van der Waals surface area contributed by atoms with Crippen LogP contribution in [0.15, 0.2) is 24.5 Å². The Labute approximate surface area is 107 Å². The van der Waals surface area contributed by atoms with Crippen LogP contribution in [0.1, 0.15) is 12.6 Å². The van der Waals surface area contributed by atoms with E-state index in [4.69, 9.17) is 15.6 Å². The molecular weight excluding hydrogens is 256 g/mol. The number of hydrogen-bond acceptors (Lipinski definition) is 4. The van der Waals surface area contributed by atoms with Gasteiger partial charge in [0.05, 0.1) is 12.7 Å². The molecular formula is C12H13F2N3O2. The van der Waals surface area contributed by atoms with Crippen molar-refractivity contribution in [2.24, 2.45) is 0 Å². The lowest BCUT2D eigenvalue weighted by Gasteiger charge is -2.20. The van der Waals surface area contributed by atoms with E-state index >= 15 is 0 Å². The summed E-state index contributed by atoms with van der Waals surface area (Å²) in [5, 5.41) is 9.57. The lowest BCUT2D eigenvalue weighted by molar-refractivity contribution is -0.116. The smallest absolute Gasteiger partial charge is 0.294 e. The van der Waals surface area contributed by atoms with Gasteiger partial charge in [-0.2, -0.15) is 0 Å². The van der Waals surface area contributed by atoms with Gasteiger partial charge in [-0.15, -0.1) is 0 Å².